The van der Waals surface area contributed by atoms with Crippen LogP contribution in [0.1, 0.15) is 162 Å². The number of rotatable bonds is 16. The molecule has 15 bridgehead atoms. The predicted octanol–water partition coefficient (Wildman–Crippen LogP) is 6.95. The Labute approximate surface area is 592 Å². The van der Waals surface area contributed by atoms with Crippen molar-refractivity contribution in [2.75, 3.05) is 13.6 Å². The molecule has 101 heavy (non-hydrogen) atoms. The minimum Gasteiger partial charge on any atom is -0.508 e. The number of nitrogens with one attached hydrogen (secondary N) is 10. The topological polar surface area (TPSA) is 414 Å². The van der Waals surface area contributed by atoms with Crippen LogP contribution in [0.4, 0.5) is 4.79 Å². The molecule has 0 radical (unpaired) electrons. The van der Waals surface area contributed by atoms with Crippen LogP contribution in [-0.4, -0.2) is 128 Å². The number of aliphatic hydroxyl groups is 2. The quantitative estimate of drug-likeness (QED) is 0.0444. The number of halogens is 2. The number of hydrogen-bond donors (Lipinski definition) is 16. The molecule has 5 aromatic rings. The van der Waals surface area contributed by atoms with Crippen LogP contribution in [0, 0.1) is 29.6 Å². The summed E-state index contributed by atoms with van der Waals surface area (Å²) in [7, 11) is 1.51. The molecule has 4 aliphatic carbocycles. The number of amides is 10. The molecule has 538 valence electrons. The Morgan fingerprint density at radius 1 is 0.604 bits per heavy atom. The summed E-state index contributed by atoms with van der Waals surface area (Å²) in [6.07, 6.45) is 5.05. The highest BCUT2D eigenvalue weighted by molar-refractivity contribution is 6.32. The smallest absolute Gasteiger partial charge is 0.321 e. The molecule has 27 nitrogen and oxygen atoms in total. The Bertz CT molecular complexity index is 4040. The lowest BCUT2D eigenvalue weighted by Crippen LogP contribution is -2.59. The number of phenols is 4. The fraction of sp³-hybridized carbons (Fsp3) is 0.458. The molecule has 29 heteroatoms. The molecule has 5 heterocycles. The minimum absolute atomic E-state index is 0.0611. The number of hydrogen-bond acceptors (Lipinski definition) is 18. The summed E-state index contributed by atoms with van der Waals surface area (Å²) in [6, 6.07) is 0.457. The highest BCUT2D eigenvalue weighted by Gasteiger charge is 2.50. The second-order valence-electron chi connectivity index (χ2n) is 27.6. The van der Waals surface area contributed by atoms with E-state index < -0.39 is 149 Å². The van der Waals surface area contributed by atoms with E-state index in [2.05, 4.69) is 60.1 Å². The summed E-state index contributed by atoms with van der Waals surface area (Å²) >= 11 is 13.9. The fourth-order valence-corrected chi connectivity index (χ4v) is 15.5. The van der Waals surface area contributed by atoms with E-state index in [1.807, 2.05) is 13.8 Å². The predicted molar refractivity (Wildman–Crippen MR) is 367 cm³/mol. The van der Waals surface area contributed by atoms with Gasteiger partial charge >= 0.3 is 6.03 Å². The Morgan fingerprint density at radius 2 is 1.20 bits per heavy atom. The summed E-state index contributed by atoms with van der Waals surface area (Å²) in [5, 5.41) is 97.7. The molecule has 4 unspecified atom stereocenters. The van der Waals surface area contributed by atoms with Crippen LogP contribution in [-0.2, 0) is 38.4 Å². The van der Waals surface area contributed by atoms with Crippen molar-refractivity contribution in [2.45, 2.75) is 165 Å². The van der Waals surface area contributed by atoms with Gasteiger partial charge in [-0.3, -0.25) is 43.7 Å². The number of likely N-dealkylation sites (N-methyl/N-ethyl adjacent to an activating group) is 1. The second kappa shape index (κ2) is 31.2. The van der Waals surface area contributed by atoms with Gasteiger partial charge in [-0.1, -0.05) is 94.3 Å². The van der Waals surface area contributed by atoms with E-state index in [1.54, 1.807) is 0 Å². The third-order valence-corrected chi connectivity index (χ3v) is 20.5. The van der Waals surface area contributed by atoms with Gasteiger partial charge in [-0.25, -0.2) is 4.79 Å². The summed E-state index contributed by atoms with van der Waals surface area (Å²) in [4.78, 5) is 134. The number of imide groups is 1. The third-order valence-electron chi connectivity index (χ3n) is 19.9. The number of phenolic OH excluding ortho intramolecular Hbond substituents is 4. The summed E-state index contributed by atoms with van der Waals surface area (Å²) < 4.78 is 12.6. The number of aliphatic hydroxyl groups excluding tert-OH is 2. The van der Waals surface area contributed by atoms with E-state index in [-0.39, 0.29) is 97.2 Å². The zero-order valence-electron chi connectivity index (χ0n) is 56.0. The van der Waals surface area contributed by atoms with E-state index in [0.717, 1.165) is 94.5 Å². The van der Waals surface area contributed by atoms with Crippen molar-refractivity contribution < 1.29 is 83.3 Å². The first-order chi connectivity index (χ1) is 48.2. The van der Waals surface area contributed by atoms with Gasteiger partial charge in [0.1, 0.15) is 77.2 Å². The molecule has 16 N–H and O–H groups in total. The molecule has 0 saturated heterocycles. The van der Waals surface area contributed by atoms with Gasteiger partial charge in [-0.15, -0.1) is 0 Å². The molecule has 9 aliphatic rings. The van der Waals surface area contributed by atoms with Gasteiger partial charge in [0.15, 0.2) is 11.5 Å². The maximum atomic E-state index is 15.9. The Balaban J connectivity index is 1.05. The van der Waals surface area contributed by atoms with Crippen LogP contribution in [0.3, 0.4) is 0 Å². The van der Waals surface area contributed by atoms with Crippen molar-refractivity contribution in [3.8, 4) is 57.1 Å². The fourth-order valence-electron chi connectivity index (χ4n) is 15.1. The van der Waals surface area contributed by atoms with Crippen LogP contribution in [0.25, 0.3) is 11.1 Å². The van der Waals surface area contributed by atoms with Gasteiger partial charge in [-0.05, 0) is 164 Å². The molecule has 5 aliphatic heterocycles. The summed E-state index contributed by atoms with van der Waals surface area (Å²) in [6.45, 7) is 5.94. The molecule has 9 atom stereocenters. The standard InChI is InChI=1S/C72H84Cl2N10O17/c1-5-6-7-8-9-10-17-76-72(99)78-54(88)31-47-66(93)80-58-40-27-52(100-50-15-12-36(25-44(50)73)62(89)60(70(97)77-47)83-65(92)46(75-4)18-32(2)3)64(91)53(28-40)101-51-16-13-37(26-45(51)74)63(90)61-71(98)82-59(69(96)79-56-38-20-33-19-34(22-38)23-39(56)21-33)43-29-41(85)30-49(87)55(43)42-24-35(11-14-48(42)86)57(67(94)84-61)81-68(58)95/h11-16,24-30,32-34,38-39,46-47,56-63,75,85-87,89-91H,5-10,17-23,31H2,1-4H3,(H,77,97)(H,79,96)(H,80,93)(H,81,95)(H,82,98)(H,83,92)(H,84,94)(H2,76,78,88,99)/t33?,34?,38?,39?,46-,47?,56?,57-,58?,59?,60?,61+,62-,63-/m1/s1. The third kappa shape index (κ3) is 16.3. The first-order valence-corrected chi connectivity index (χ1v) is 35.0. The van der Waals surface area contributed by atoms with Gasteiger partial charge in [0.05, 0.1) is 22.5 Å². The van der Waals surface area contributed by atoms with Crippen molar-refractivity contribution in [1.29, 1.82) is 0 Å². The van der Waals surface area contributed by atoms with Crippen molar-refractivity contribution in [3.05, 3.63) is 117 Å². The molecular formula is C72H84Cl2N10O17. The van der Waals surface area contributed by atoms with Crippen molar-refractivity contribution >= 4 is 76.5 Å². The number of ether oxygens (including phenoxy) is 2. The monoisotopic (exact) mass is 1430 g/mol. The van der Waals surface area contributed by atoms with Crippen LogP contribution in [0.2, 0.25) is 10.0 Å². The molecule has 10 amide bonds. The molecule has 0 spiro atoms. The van der Waals surface area contributed by atoms with Gasteiger partial charge in [0.2, 0.25) is 53.0 Å². The van der Waals surface area contributed by atoms with Gasteiger partial charge in [0, 0.05) is 29.8 Å². The van der Waals surface area contributed by atoms with Crippen molar-refractivity contribution in [2.24, 2.45) is 29.6 Å². The SMILES string of the molecule is CCCCCCCCNC(=O)NC(=O)CC1NC(=O)C(NC(=O)[C@@H](CC(C)C)NC)[C@H](O)c2ccc(c(Cl)c2)Oc2cc3cc(c2O)Oc2ccc(cc2Cl)[C@@H](O)[C@@H]2NC(=O)[C@H](NC(=O)C3NC1=O)c1ccc(O)c(c1)-c1c(O)cc(O)cc1C(C(=O)NC1C3CC4CC(C3)CC1C4)NC2=O. The molecular weight excluding hydrogens is 1350 g/mol. The molecule has 4 fully saturated rings. The Morgan fingerprint density at radius 3 is 1.82 bits per heavy atom. The summed E-state index contributed by atoms with van der Waals surface area (Å²) in [5.74, 6) is -12.2. The number of fused-ring (bicyclic) bond motifs is 15. The van der Waals surface area contributed by atoms with Crippen molar-refractivity contribution in [1.82, 2.24) is 53.2 Å². The zero-order valence-corrected chi connectivity index (χ0v) is 57.5. The van der Waals surface area contributed by atoms with Gasteiger partial charge in [0.25, 0.3) is 0 Å². The lowest BCUT2D eigenvalue weighted by Gasteiger charge is -2.54. The normalized spacial score (nSPS) is 25.6. The van der Waals surface area contributed by atoms with Crippen LogP contribution in [0.5, 0.6) is 46.0 Å². The number of carbonyl (C=O) groups is 9. The van der Waals surface area contributed by atoms with Crippen molar-refractivity contribution in [3.63, 3.8) is 0 Å². The lowest BCUT2D eigenvalue weighted by atomic mass is 9.54. The zero-order chi connectivity index (χ0) is 72.2. The highest BCUT2D eigenvalue weighted by Crippen LogP contribution is 2.54. The van der Waals surface area contributed by atoms with E-state index >= 15 is 28.8 Å². The highest BCUT2D eigenvalue weighted by atomic mass is 35.5. The van der Waals surface area contributed by atoms with E-state index in [4.69, 9.17) is 32.7 Å². The first-order valence-electron chi connectivity index (χ1n) is 34.2. The number of benzene rings is 5. The Kier molecular flexibility index (Phi) is 22.5. The molecule has 4 saturated carbocycles. The number of aromatic hydroxyl groups is 4. The maximum Gasteiger partial charge on any atom is 0.321 e. The average molecular weight is 1430 g/mol. The minimum atomic E-state index is -2.21. The molecule has 5 aromatic carbocycles. The molecule has 0 aromatic heterocycles. The number of carbonyl (C=O) groups excluding carboxylic acids is 9. The van der Waals surface area contributed by atoms with Crippen LogP contribution in [0.15, 0.2) is 78.9 Å². The number of unbranched alkanes of at least 4 members (excludes halogenated alkanes) is 5. The Hall–Kier alpha value is -9.41. The van der Waals surface area contributed by atoms with Gasteiger partial charge < -0.3 is 88.0 Å². The average Bonchev–Trinajstić information content (AvgIpc) is 0.764. The maximum absolute atomic E-state index is 15.9. The largest absolute Gasteiger partial charge is 0.508 e. The second-order valence-corrected chi connectivity index (χ2v) is 28.4. The number of urea groups is 1. The van der Waals surface area contributed by atoms with Crippen LogP contribution >= 0.6 is 23.2 Å². The first kappa shape index (κ1) is 72.8. The van der Waals surface area contributed by atoms with E-state index in [0.29, 0.717) is 18.3 Å². The molecule has 14 rings (SSSR count). The summed E-state index contributed by atoms with van der Waals surface area (Å²) in [5.41, 5.74) is -1.65. The van der Waals surface area contributed by atoms with Gasteiger partial charge in [-0.2, -0.15) is 0 Å². The lowest BCUT2D eigenvalue weighted by molar-refractivity contribution is -0.138. The van der Waals surface area contributed by atoms with Crippen LogP contribution < -0.4 is 62.6 Å². The van der Waals surface area contributed by atoms with E-state index in [9.17, 15) is 45.0 Å². The van der Waals surface area contributed by atoms with E-state index in [1.165, 1.54) is 55.6 Å².